The molecule has 3 aromatic rings. The number of carbonyl (C=O) groups is 1. The molecule has 3 fully saturated rings. The number of halogens is 1. The lowest BCUT2D eigenvalue weighted by Gasteiger charge is -2.53. The summed E-state index contributed by atoms with van der Waals surface area (Å²) in [5, 5.41) is 3.57. The lowest BCUT2D eigenvalue weighted by molar-refractivity contribution is -0.944. The fraction of sp³-hybridized carbons (Fsp3) is 0.433. The van der Waals surface area contributed by atoms with E-state index in [9.17, 15) is 4.79 Å². The number of carbonyl (C=O) groups excluding carboxylic acids is 1. The van der Waals surface area contributed by atoms with Gasteiger partial charge in [0.05, 0.1) is 38.1 Å². The van der Waals surface area contributed by atoms with Gasteiger partial charge in [-0.15, -0.1) is 0 Å². The van der Waals surface area contributed by atoms with Gasteiger partial charge >= 0.3 is 0 Å². The van der Waals surface area contributed by atoms with E-state index >= 15 is 0 Å². The molecule has 0 saturated carbocycles. The van der Waals surface area contributed by atoms with E-state index in [0.29, 0.717) is 5.92 Å². The van der Waals surface area contributed by atoms with Crippen LogP contribution in [0.4, 0.5) is 0 Å². The SMILES string of the molecule is CCc1cccc2c1C(C(=O)N[C@H]1C[N+]3(CCCn4cccc4)CCC1CC3)c1ccccc1O2.[Br-]. The van der Waals surface area contributed by atoms with Gasteiger partial charge in [-0.2, -0.15) is 0 Å². The van der Waals surface area contributed by atoms with Crippen LogP contribution in [0.1, 0.15) is 48.8 Å². The second-order valence-corrected chi connectivity index (χ2v) is 10.7. The van der Waals surface area contributed by atoms with Crippen molar-refractivity contribution in [3.63, 3.8) is 0 Å². The van der Waals surface area contributed by atoms with Crippen LogP contribution in [0.2, 0.25) is 0 Å². The minimum absolute atomic E-state index is 0. The van der Waals surface area contributed by atoms with Gasteiger partial charge in [0.2, 0.25) is 5.91 Å². The number of aromatic nitrogens is 1. The summed E-state index contributed by atoms with van der Waals surface area (Å²) in [4.78, 5) is 14.0. The van der Waals surface area contributed by atoms with Crippen molar-refractivity contribution in [1.29, 1.82) is 0 Å². The topological polar surface area (TPSA) is 43.3 Å². The number of nitrogens with zero attached hydrogens (tertiary/aromatic N) is 2. The number of hydrogen-bond acceptors (Lipinski definition) is 2. The lowest BCUT2D eigenvalue weighted by Crippen LogP contribution is -3.00. The number of quaternary nitrogens is 1. The number of amides is 1. The number of fused-ring (bicyclic) bond motifs is 5. The van der Waals surface area contributed by atoms with E-state index in [2.05, 4.69) is 53.5 Å². The highest BCUT2D eigenvalue weighted by Gasteiger charge is 2.47. The van der Waals surface area contributed by atoms with Gasteiger partial charge in [-0.05, 0) is 42.2 Å². The Morgan fingerprint density at radius 2 is 1.78 bits per heavy atom. The summed E-state index contributed by atoms with van der Waals surface area (Å²) >= 11 is 0. The van der Waals surface area contributed by atoms with Crippen molar-refractivity contribution in [3.8, 4) is 11.5 Å². The maximum absolute atomic E-state index is 14.0. The van der Waals surface area contributed by atoms with Gasteiger partial charge in [-0.3, -0.25) is 4.79 Å². The first-order chi connectivity index (χ1) is 17.2. The minimum Gasteiger partial charge on any atom is -1.00 e. The van der Waals surface area contributed by atoms with E-state index in [4.69, 9.17) is 4.74 Å². The van der Waals surface area contributed by atoms with Crippen LogP contribution in [-0.4, -0.2) is 47.2 Å². The Morgan fingerprint density at radius 1 is 1.03 bits per heavy atom. The van der Waals surface area contributed by atoms with E-state index in [1.54, 1.807) is 0 Å². The number of hydrogen-bond donors (Lipinski definition) is 1. The quantitative estimate of drug-likeness (QED) is 0.459. The maximum atomic E-state index is 14.0. The Labute approximate surface area is 224 Å². The molecule has 3 saturated heterocycles. The maximum Gasteiger partial charge on any atom is 0.232 e. The number of benzene rings is 2. The van der Waals surface area contributed by atoms with Crippen molar-refractivity contribution < 1.29 is 31.0 Å². The Balaban J connectivity index is 0.00000267. The largest absolute Gasteiger partial charge is 1.00 e. The fourth-order valence-electron chi connectivity index (χ4n) is 6.81. The molecule has 0 radical (unpaired) electrons. The number of rotatable bonds is 7. The Bertz CT molecular complexity index is 1200. The summed E-state index contributed by atoms with van der Waals surface area (Å²) in [5.74, 6) is 2.04. The van der Waals surface area contributed by atoms with Gasteiger partial charge in [-0.1, -0.05) is 37.3 Å². The molecule has 1 unspecified atom stereocenters. The van der Waals surface area contributed by atoms with Gasteiger partial charge in [0.1, 0.15) is 11.5 Å². The monoisotopic (exact) mass is 549 g/mol. The van der Waals surface area contributed by atoms with E-state index in [-0.39, 0.29) is 34.8 Å². The van der Waals surface area contributed by atoms with Crippen molar-refractivity contribution in [2.45, 2.75) is 51.1 Å². The average Bonchev–Trinajstić information content (AvgIpc) is 3.41. The molecule has 0 spiro atoms. The fourth-order valence-corrected chi connectivity index (χ4v) is 6.81. The summed E-state index contributed by atoms with van der Waals surface area (Å²) in [7, 11) is 0. The van der Waals surface area contributed by atoms with Crippen molar-refractivity contribution in [2.24, 2.45) is 5.92 Å². The second kappa shape index (κ2) is 10.4. The van der Waals surface area contributed by atoms with Gasteiger partial charge in [0, 0.05) is 49.3 Å². The molecule has 1 N–H and O–H groups in total. The Kier molecular flexibility index (Phi) is 7.27. The molecule has 6 heteroatoms. The minimum atomic E-state index is -0.316. The molecule has 5 nitrogen and oxygen atoms in total. The Hall–Kier alpha value is -2.57. The molecule has 1 aromatic heterocycles. The molecule has 2 bridgehead atoms. The second-order valence-electron chi connectivity index (χ2n) is 10.7. The van der Waals surface area contributed by atoms with Crippen LogP contribution in [0, 0.1) is 5.92 Å². The lowest BCUT2D eigenvalue weighted by atomic mass is 9.80. The highest BCUT2D eigenvalue weighted by Crippen LogP contribution is 2.46. The molecule has 4 aliphatic heterocycles. The van der Waals surface area contributed by atoms with Crippen LogP contribution in [0.25, 0.3) is 0 Å². The number of nitrogens with one attached hydrogen (secondary N) is 1. The van der Waals surface area contributed by atoms with Crippen LogP contribution < -0.4 is 27.0 Å². The van der Waals surface area contributed by atoms with Crippen LogP contribution in [0.15, 0.2) is 67.0 Å². The first-order valence-electron chi connectivity index (χ1n) is 13.3. The standard InChI is InChI=1S/C30H35N3O2.BrH/c1-2-22-9-7-12-27-28(22)29(24-10-3-4-11-26(24)35-27)30(34)31-25-21-33(19-13-23(25)14-20-33)18-8-17-32-15-5-6-16-32;/h3-7,9-12,15-16,23,25,29H,2,8,13-14,17-21H2,1H3;1H/t23?,25-,29?,33?;/m0./s1. The first-order valence-corrected chi connectivity index (χ1v) is 13.3. The highest BCUT2D eigenvalue weighted by molar-refractivity contribution is 5.90. The first kappa shape index (κ1) is 25.1. The number of aryl methyl sites for hydroxylation is 2. The normalized spacial score (nSPS) is 25.8. The zero-order valence-electron chi connectivity index (χ0n) is 21.0. The van der Waals surface area contributed by atoms with Crippen molar-refractivity contribution in [3.05, 3.63) is 83.7 Å². The van der Waals surface area contributed by atoms with E-state index in [1.807, 2.05) is 30.3 Å². The van der Waals surface area contributed by atoms with Crippen LogP contribution in [-0.2, 0) is 17.8 Å². The van der Waals surface area contributed by atoms with Gasteiger partial charge in [-0.25, -0.2) is 0 Å². The summed E-state index contributed by atoms with van der Waals surface area (Å²) < 4.78 is 9.68. The van der Waals surface area contributed by atoms with Crippen molar-refractivity contribution in [1.82, 2.24) is 9.88 Å². The summed E-state index contributed by atoms with van der Waals surface area (Å²) in [6.07, 6.45) is 8.80. The molecule has 2 aromatic carbocycles. The van der Waals surface area contributed by atoms with Gasteiger partial charge < -0.3 is 36.1 Å². The van der Waals surface area contributed by atoms with Gasteiger partial charge in [0.25, 0.3) is 0 Å². The molecule has 0 aliphatic carbocycles. The van der Waals surface area contributed by atoms with Crippen LogP contribution >= 0.6 is 0 Å². The van der Waals surface area contributed by atoms with E-state index in [0.717, 1.165) is 46.6 Å². The zero-order chi connectivity index (χ0) is 23.8. The smallest absolute Gasteiger partial charge is 0.232 e. The number of para-hydroxylation sites is 1. The zero-order valence-corrected chi connectivity index (χ0v) is 22.6. The molecule has 1 amide bonds. The molecular weight excluding hydrogens is 514 g/mol. The molecule has 190 valence electrons. The molecule has 2 atom stereocenters. The third-order valence-corrected chi connectivity index (χ3v) is 8.68. The summed E-state index contributed by atoms with van der Waals surface area (Å²) in [5.41, 5.74) is 3.22. The van der Waals surface area contributed by atoms with E-state index in [1.165, 1.54) is 44.5 Å². The van der Waals surface area contributed by atoms with E-state index < -0.39 is 0 Å². The van der Waals surface area contributed by atoms with Crippen LogP contribution in [0.3, 0.4) is 0 Å². The number of piperidine rings is 3. The summed E-state index contributed by atoms with van der Waals surface area (Å²) in [6.45, 7) is 8.00. The van der Waals surface area contributed by atoms with Gasteiger partial charge in [0.15, 0.2) is 0 Å². The highest BCUT2D eigenvalue weighted by atomic mass is 79.9. The third kappa shape index (κ3) is 4.61. The summed E-state index contributed by atoms with van der Waals surface area (Å²) in [6, 6.07) is 18.7. The van der Waals surface area contributed by atoms with Crippen molar-refractivity contribution >= 4 is 5.91 Å². The molecule has 5 heterocycles. The predicted octanol–water partition coefficient (Wildman–Crippen LogP) is 2.11. The Morgan fingerprint density at radius 3 is 2.56 bits per heavy atom. The average molecular weight is 551 g/mol. The molecule has 36 heavy (non-hydrogen) atoms. The van der Waals surface area contributed by atoms with Crippen LogP contribution in [0.5, 0.6) is 11.5 Å². The molecule has 4 aliphatic rings. The predicted molar refractivity (Wildman–Crippen MR) is 138 cm³/mol. The molecular formula is C30H36BrN3O2. The third-order valence-electron chi connectivity index (χ3n) is 8.68. The van der Waals surface area contributed by atoms with Crippen molar-refractivity contribution in [2.75, 3.05) is 26.2 Å². The molecule has 7 rings (SSSR count). The number of ether oxygens (including phenoxy) is 1.